The highest BCUT2D eigenvalue weighted by Gasteiger charge is 2.25. The molecule has 1 atom stereocenters. The molecule has 0 spiro atoms. The lowest BCUT2D eigenvalue weighted by Gasteiger charge is -2.22. The topological polar surface area (TPSA) is 69.6 Å². The fourth-order valence-corrected chi connectivity index (χ4v) is 3.94. The summed E-state index contributed by atoms with van der Waals surface area (Å²) >= 11 is 0. The second-order valence-electron chi connectivity index (χ2n) is 5.10. The molecule has 6 heteroatoms. The summed E-state index contributed by atoms with van der Waals surface area (Å²) in [6.45, 7) is 8.00. The Bertz CT molecular complexity index is 545. The number of sulfonamides is 1. The van der Waals surface area contributed by atoms with Crippen molar-refractivity contribution in [3.8, 4) is 0 Å². The number of hydrogen-bond acceptors (Lipinski definition) is 4. The van der Waals surface area contributed by atoms with Crippen LogP contribution in [0, 0.1) is 13.8 Å². The Morgan fingerprint density at radius 2 is 1.80 bits per heavy atom. The van der Waals surface area contributed by atoms with Gasteiger partial charge in [0.15, 0.2) is 0 Å². The number of nitrogens with zero attached hydrogens (tertiary/aromatic N) is 1. The van der Waals surface area contributed by atoms with Crippen molar-refractivity contribution in [3.05, 3.63) is 23.3 Å². The Kier molecular flexibility index (Phi) is 5.56. The number of aryl methyl sites for hydroxylation is 2. The lowest BCUT2D eigenvalue weighted by Crippen LogP contribution is -2.33. The standard InChI is InChI=1S/C14H24N2O3S/c1-6-15-13-7-10(2)14(11(3)8-13)20(18,19)16(5)9-12(4)17/h7-8,12,15,17H,6,9H2,1-5H3. The molecule has 0 saturated carbocycles. The third kappa shape index (κ3) is 3.71. The van der Waals surface area contributed by atoms with Gasteiger partial charge in [0.2, 0.25) is 10.0 Å². The first-order valence-electron chi connectivity index (χ1n) is 6.69. The highest BCUT2D eigenvalue weighted by Crippen LogP contribution is 2.26. The van der Waals surface area contributed by atoms with E-state index in [0.717, 1.165) is 12.2 Å². The zero-order valence-electron chi connectivity index (χ0n) is 12.8. The van der Waals surface area contributed by atoms with Crippen LogP contribution in [0.1, 0.15) is 25.0 Å². The van der Waals surface area contributed by atoms with Gasteiger partial charge in [-0.05, 0) is 51.0 Å². The Morgan fingerprint density at radius 3 is 2.20 bits per heavy atom. The van der Waals surface area contributed by atoms with E-state index < -0.39 is 16.1 Å². The first-order valence-corrected chi connectivity index (χ1v) is 8.13. The third-order valence-electron chi connectivity index (χ3n) is 3.03. The largest absolute Gasteiger partial charge is 0.392 e. The van der Waals surface area contributed by atoms with Crippen molar-refractivity contribution in [1.29, 1.82) is 0 Å². The van der Waals surface area contributed by atoms with Crippen LogP contribution in [0.3, 0.4) is 0 Å². The molecule has 0 radical (unpaired) electrons. The molecular formula is C14H24N2O3S. The van der Waals surface area contributed by atoms with Crippen molar-refractivity contribution in [2.45, 2.75) is 38.7 Å². The minimum atomic E-state index is -3.58. The van der Waals surface area contributed by atoms with Crippen LogP contribution in [0.25, 0.3) is 0 Å². The lowest BCUT2D eigenvalue weighted by atomic mass is 10.1. The van der Waals surface area contributed by atoms with Crippen molar-refractivity contribution >= 4 is 15.7 Å². The second kappa shape index (κ2) is 6.56. The average Bonchev–Trinajstić information content (AvgIpc) is 2.26. The molecule has 0 aliphatic carbocycles. The lowest BCUT2D eigenvalue weighted by molar-refractivity contribution is 0.171. The highest BCUT2D eigenvalue weighted by atomic mass is 32.2. The molecule has 0 fully saturated rings. The molecule has 0 bridgehead atoms. The predicted molar refractivity (Wildman–Crippen MR) is 81.6 cm³/mol. The first-order chi connectivity index (χ1) is 9.20. The van der Waals surface area contributed by atoms with Gasteiger partial charge in [-0.1, -0.05) is 0 Å². The zero-order valence-corrected chi connectivity index (χ0v) is 13.6. The van der Waals surface area contributed by atoms with E-state index in [4.69, 9.17) is 0 Å². The number of nitrogens with one attached hydrogen (secondary N) is 1. The summed E-state index contributed by atoms with van der Waals surface area (Å²) in [5, 5.41) is 12.6. The SMILES string of the molecule is CCNc1cc(C)c(S(=O)(=O)N(C)CC(C)O)c(C)c1. The van der Waals surface area contributed by atoms with E-state index >= 15 is 0 Å². The summed E-state index contributed by atoms with van der Waals surface area (Å²) in [5.41, 5.74) is 2.33. The molecule has 0 aliphatic rings. The van der Waals surface area contributed by atoms with Crippen molar-refractivity contribution in [1.82, 2.24) is 4.31 Å². The van der Waals surface area contributed by atoms with Crippen LogP contribution < -0.4 is 5.32 Å². The van der Waals surface area contributed by atoms with E-state index in [0.29, 0.717) is 16.0 Å². The molecule has 1 rings (SSSR count). The maximum absolute atomic E-state index is 12.6. The van der Waals surface area contributed by atoms with Crippen molar-refractivity contribution in [2.24, 2.45) is 0 Å². The van der Waals surface area contributed by atoms with Gasteiger partial charge < -0.3 is 10.4 Å². The van der Waals surface area contributed by atoms with Gasteiger partial charge in [0.1, 0.15) is 0 Å². The smallest absolute Gasteiger partial charge is 0.243 e. The second-order valence-corrected chi connectivity index (χ2v) is 7.09. The van der Waals surface area contributed by atoms with Crippen molar-refractivity contribution in [3.63, 3.8) is 0 Å². The van der Waals surface area contributed by atoms with Crippen LogP contribution in [0.2, 0.25) is 0 Å². The van der Waals surface area contributed by atoms with Crippen LogP contribution in [-0.4, -0.2) is 44.1 Å². The van der Waals surface area contributed by atoms with Crippen LogP contribution in [0.4, 0.5) is 5.69 Å². The number of anilines is 1. The molecule has 0 heterocycles. The minimum absolute atomic E-state index is 0.0795. The average molecular weight is 300 g/mol. The van der Waals surface area contributed by atoms with Gasteiger partial charge >= 0.3 is 0 Å². The van der Waals surface area contributed by atoms with Gasteiger partial charge in [0, 0.05) is 25.8 Å². The quantitative estimate of drug-likeness (QED) is 0.839. The Morgan fingerprint density at radius 1 is 1.30 bits per heavy atom. The molecule has 114 valence electrons. The number of likely N-dealkylation sites (N-methyl/N-ethyl adjacent to an activating group) is 1. The number of aliphatic hydroxyl groups is 1. The molecule has 0 aromatic heterocycles. The van der Waals surface area contributed by atoms with Crippen LogP contribution >= 0.6 is 0 Å². The highest BCUT2D eigenvalue weighted by molar-refractivity contribution is 7.89. The number of hydrogen-bond donors (Lipinski definition) is 2. The molecule has 0 aliphatic heterocycles. The summed E-state index contributed by atoms with van der Waals surface area (Å²) < 4.78 is 26.3. The third-order valence-corrected chi connectivity index (χ3v) is 5.16. The van der Waals surface area contributed by atoms with Crippen LogP contribution in [-0.2, 0) is 10.0 Å². The van der Waals surface area contributed by atoms with Crippen LogP contribution in [0.5, 0.6) is 0 Å². The molecule has 0 amide bonds. The molecule has 1 aromatic carbocycles. The van der Waals surface area contributed by atoms with Gasteiger partial charge in [-0.2, -0.15) is 4.31 Å². The molecular weight excluding hydrogens is 276 g/mol. The molecule has 1 aromatic rings. The van der Waals surface area contributed by atoms with Gasteiger partial charge in [0.25, 0.3) is 0 Å². The van der Waals surface area contributed by atoms with Gasteiger partial charge in [-0.25, -0.2) is 8.42 Å². The van der Waals surface area contributed by atoms with E-state index in [1.807, 2.05) is 19.1 Å². The maximum Gasteiger partial charge on any atom is 0.243 e. The normalized spacial score (nSPS) is 13.6. The maximum atomic E-state index is 12.6. The fourth-order valence-electron chi connectivity index (χ4n) is 2.29. The van der Waals surface area contributed by atoms with Crippen molar-refractivity contribution in [2.75, 3.05) is 25.5 Å². The Labute approximate surface area is 121 Å². The van der Waals surface area contributed by atoms with E-state index in [9.17, 15) is 13.5 Å². The summed E-state index contributed by atoms with van der Waals surface area (Å²) in [6.07, 6.45) is -0.698. The minimum Gasteiger partial charge on any atom is -0.392 e. The summed E-state index contributed by atoms with van der Waals surface area (Å²) in [4.78, 5) is 0.322. The van der Waals surface area contributed by atoms with Crippen molar-refractivity contribution < 1.29 is 13.5 Å². The fraction of sp³-hybridized carbons (Fsp3) is 0.571. The molecule has 20 heavy (non-hydrogen) atoms. The molecule has 1 unspecified atom stereocenters. The number of benzene rings is 1. The van der Waals surface area contributed by atoms with E-state index in [-0.39, 0.29) is 6.54 Å². The number of rotatable bonds is 6. The molecule has 0 saturated heterocycles. The molecule has 5 nitrogen and oxygen atoms in total. The summed E-state index contributed by atoms with van der Waals surface area (Å²) in [6, 6.07) is 3.67. The summed E-state index contributed by atoms with van der Waals surface area (Å²) in [5.74, 6) is 0. The van der Waals surface area contributed by atoms with Crippen LogP contribution in [0.15, 0.2) is 17.0 Å². The van der Waals surface area contributed by atoms with E-state index in [1.165, 1.54) is 11.4 Å². The Balaban J connectivity index is 3.25. The van der Waals surface area contributed by atoms with Gasteiger partial charge in [-0.3, -0.25) is 0 Å². The number of aliphatic hydroxyl groups excluding tert-OH is 1. The first kappa shape index (κ1) is 16.9. The molecule has 2 N–H and O–H groups in total. The zero-order chi connectivity index (χ0) is 15.5. The monoisotopic (exact) mass is 300 g/mol. The summed E-state index contributed by atoms with van der Waals surface area (Å²) in [7, 11) is -2.10. The van der Waals surface area contributed by atoms with Gasteiger partial charge in [0.05, 0.1) is 11.0 Å². The Hall–Kier alpha value is -1.11. The predicted octanol–water partition coefficient (Wildman–Crippen LogP) is 1.74. The van der Waals surface area contributed by atoms with E-state index in [1.54, 1.807) is 20.8 Å². The van der Waals surface area contributed by atoms with Gasteiger partial charge in [-0.15, -0.1) is 0 Å². The van der Waals surface area contributed by atoms with E-state index in [2.05, 4.69) is 5.32 Å².